The Morgan fingerprint density at radius 2 is 1.62 bits per heavy atom. The van der Waals surface area contributed by atoms with E-state index >= 15 is 0 Å². The molecule has 6 heteroatoms. The molecule has 0 amide bonds. The molecule has 0 aliphatic rings. The molecule has 0 aliphatic carbocycles. The largest absolute Gasteiger partial charge is 0.496 e. The predicted octanol–water partition coefficient (Wildman–Crippen LogP) is 7.71. The van der Waals surface area contributed by atoms with Crippen molar-refractivity contribution in [2.75, 3.05) is 7.11 Å². The lowest BCUT2D eigenvalue weighted by molar-refractivity contribution is -0.140. The molecule has 34 heavy (non-hydrogen) atoms. The topological polar surface area (TPSA) is 35.5 Å². The number of para-hydroxylation sites is 1. The van der Waals surface area contributed by atoms with Gasteiger partial charge >= 0.3 is 12.1 Å². The maximum Gasteiger partial charge on any atom is 0.419 e. The molecule has 0 spiro atoms. The smallest absolute Gasteiger partial charge is 0.419 e. The third kappa shape index (κ3) is 7.24. The summed E-state index contributed by atoms with van der Waals surface area (Å²) in [5.74, 6) is -0.529. The van der Waals surface area contributed by atoms with Crippen molar-refractivity contribution in [2.24, 2.45) is 0 Å². The number of hydrogen-bond acceptors (Lipinski definition) is 3. The number of methoxy groups -OCH3 is 1. The van der Waals surface area contributed by atoms with Gasteiger partial charge in [-0.3, -0.25) is 0 Å². The molecular weight excluding hydrogens is 441 g/mol. The molecule has 0 unspecified atom stereocenters. The first-order valence-corrected chi connectivity index (χ1v) is 10.7. The van der Waals surface area contributed by atoms with Crippen LogP contribution >= 0.6 is 0 Å². The van der Waals surface area contributed by atoms with Crippen molar-refractivity contribution in [2.45, 2.75) is 40.8 Å². The summed E-state index contributed by atoms with van der Waals surface area (Å²) in [5.41, 5.74) is 5.03. The lowest BCUT2D eigenvalue weighted by atomic mass is 9.96. The number of halogens is 3. The summed E-state index contributed by atoms with van der Waals surface area (Å²) in [6.07, 6.45) is 5.91. The highest BCUT2D eigenvalue weighted by Crippen LogP contribution is 2.36. The van der Waals surface area contributed by atoms with Crippen molar-refractivity contribution in [1.82, 2.24) is 0 Å². The molecule has 0 N–H and O–H groups in total. The van der Waals surface area contributed by atoms with Crippen LogP contribution in [0.4, 0.5) is 13.2 Å². The van der Waals surface area contributed by atoms with Gasteiger partial charge in [-0.25, -0.2) is 4.79 Å². The van der Waals surface area contributed by atoms with Crippen LogP contribution in [0.5, 0.6) is 11.5 Å². The Balaban J connectivity index is 2.08. The molecule has 0 heterocycles. The van der Waals surface area contributed by atoms with Gasteiger partial charge < -0.3 is 9.47 Å². The van der Waals surface area contributed by atoms with Crippen LogP contribution in [-0.4, -0.2) is 13.1 Å². The Morgan fingerprint density at radius 3 is 2.26 bits per heavy atom. The highest BCUT2D eigenvalue weighted by atomic mass is 19.4. The van der Waals surface area contributed by atoms with E-state index < -0.39 is 23.5 Å². The zero-order chi connectivity index (χ0) is 25.5. The number of ether oxygens (including phenoxy) is 2. The van der Waals surface area contributed by atoms with Gasteiger partial charge in [-0.2, -0.15) is 13.2 Å². The summed E-state index contributed by atoms with van der Waals surface area (Å²) in [7, 11) is 1.66. The number of alkyl halides is 3. The summed E-state index contributed by atoms with van der Waals surface area (Å²) in [6, 6.07) is 6.63. The van der Waals surface area contributed by atoms with Crippen LogP contribution in [0, 0.1) is 20.8 Å². The van der Waals surface area contributed by atoms with E-state index in [-0.39, 0.29) is 0 Å². The van der Waals surface area contributed by atoms with E-state index in [4.69, 9.17) is 9.47 Å². The average Bonchev–Trinajstić information content (AvgIpc) is 2.75. The Labute approximate surface area is 198 Å². The summed E-state index contributed by atoms with van der Waals surface area (Å²) >= 11 is 0. The Bertz CT molecular complexity index is 1170. The molecule has 0 saturated heterocycles. The molecule has 0 radical (unpaired) electrons. The standard InChI is InChI=1S/C28H29F3O3/c1-18(14-15-23-20(3)17-26(33-6)22(5)21(23)4)10-9-11-19(2)16-27(32)34-25-13-8-7-12-24(25)28(29,30)31/h7-17H,1-6H3. The first-order chi connectivity index (χ1) is 15.9. The second-order valence-corrected chi connectivity index (χ2v) is 7.97. The molecule has 0 atom stereocenters. The van der Waals surface area contributed by atoms with Crippen LogP contribution in [0.2, 0.25) is 0 Å². The number of hydrogen-bond donors (Lipinski definition) is 0. The Hall–Kier alpha value is -3.54. The van der Waals surface area contributed by atoms with Crippen molar-refractivity contribution < 1.29 is 27.4 Å². The number of esters is 1. The maximum absolute atomic E-state index is 13.0. The first-order valence-electron chi connectivity index (χ1n) is 10.7. The van der Waals surface area contributed by atoms with Crippen LogP contribution < -0.4 is 9.47 Å². The minimum Gasteiger partial charge on any atom is -0.496 e. The minimum absolute atomic E-state index is 0.520. The SMILES string of the molecule is COc1cc(C)c(C=CC(C)=CC=CC(C)=CC(=O)Oc2ccccc2C(F)(F)F)c(C)c1C. The number of carbonyl (C=O) groups excluding carboxylic acids is 1. The van der Waals surface area contributed by atoms with Gasteiger partial charge in [0.1, 0.15) is 11.5 Å². The summed E-state index contributed by atoms with van der Waals surface area (Å²) in [4.78, 5) is 12.1. The molecular formula is C28H29F3O3. The molecule has 0 saturated carbocycles. The molecule has 0 bridgehead atoms. The fraction of sp³-hybridized carbons (Fsp3) is 0.250. The second kappa shape index (κ2) is 11.5. The highest BCUT2D eigenvalue weighted by molar-refractivity contribution is 5.85. The van der Waals surface area contributed by atoms with Crippen molar-refractivity contribution in [3.05, 3.63) is 99.7 Å². The molecule has 0 aliphatic heterocycles. The second-order valence-electron chi connectivity index (χ2n) is 7.97. The van der Waals surface area contributed by atoms with Crippen LogP contribution in [-0.2, 0) is 11.0 Å². The van der Waals surface area contributed by atoms with Gasteiger partial charge in [0.15, 0.2) is 0 Å². The number of allylic oxidation sites excluding steroid dienone is 6. The monoisotopic (exact) mass is 470 g/mol. The fourth-order valence-corrected chi connectivity index (χ4v) is 3.32. The van der Waals surface area contributed by atoms with Crippen molar-refractivity contribution in [3.8, 4) is 11.5 Å². The molecule has 0 aromatic heterocycles. The van der Waals surface area contributed by atoms with E-state index in [1.165, 1.54) is 12.1 Å². The van der Waals surface area contributed by atoms with Gasteiger partial charge in [-0.15, -0.1) is 0 Å². The van der Waals surface area contributed by atoms with E-state index in [1.807, 2.05) is 39.0 Å². The zero-order valence-electron chi connectivity index (χ0n) is 20.2. The van der Waals surface area contributed by atoms with Crippen LogP contribution in [0.15, 0.2) is 71.9 Å². The Morgan fingerprint density at radius 1 is 0.941 bits per heavy atom. The summed E-state index contributed by atoms with van der Waals surface area (Å²) < 4.78 is 49.4. The van der Waals surface area contributed by atoms with E-state index in [0.29, 0.717) is 5.57 Å². The highest BCUT2D eigenvalue weighted by Gasteiger charge is 2.34. The number of aryl methyl sites for hydroxylation is 1. The molecule has 2 rings (SSSR count). The zero-order valence-corrected chi connectivity index (χ0v) is 20.2. The average molecular weight is 471 g/mol. The third-order valence-corrected chi connectivity index (χ3v) is 5.31. The van der Waals surface area contributed by atoms with E-state index in [1.54, 1.807) is 26.2 Å². The van der Waals surface area contributed by atoms with Crippen LogP contribution in [0.1, 0.15) is 41.7 Å². The third-order valence-electron chi connectivity index (χ3n) is 5.31. The molecule has 2 aromatic rings. The van der Waals surface area contributed by atoms with E-state index in [9.17, 15) is 18.0 Å². The van der Waals surface area contributed by atoms with Gasteiger partial charge in [0.2, 0.25) is 0 Å². The number of benzene rings is 2. The van der Waals surface area contributed by atoms with Crippen LogP contribution in [0.25, 0.3) is 6.08 Å². The lowest BCUT2D eigenvalue weighted by Crippen LogP contribution is -2.12. The molecule has 3 nitrogen and oxygen atoms in total. The van der Waals surface area contributed by atoms with Crippen molar-refractivity contribution in [1.29, 1.82) is 0 Å². The molecule has 180 valence electrons. The summed E-state index contributed by atoms with van der Waals surface area (Å²) in [5, 5.41) is 0. The van der Waals surface area contributed by atoms with Gasteiger partial charge in [0.25, 0.3) is 0 Å². The summed E-state index contributed by atoms with van der Waals surface area (Å²) in [6.45, 7) is 9.73. The maximum atomic E-state index is 13.0. The van der Waals surface area contributed by atoms with Crippen molar-refractivity contribution in [3.63, 3.8) is 0 Å². The number of rotatable bonds is 7. The fourth-order valence-electron chi connectivity index (χ4n) is 3.32. The quantitative estimate of drug-likeness (QED) is 0.180. The molecule has 0 fully saturated rings. The van der Waals surface area contributed by atoms with Gasteiger partial charge in [-0.1, -0.05) is 48.1 Å². The number of carbonyl (C=O) groups is 1. The van der Waals surface area contributed by atoms with Gasteiger partial charge in [-0.05, 0) is 80.6 Å². The first kappa shape index (κ1) is 26.7. The normalized spacial score (nSPS) is 13.1. The van der Waals surface area contributed by atoms with Crippen molar-refractivity contribution >= 4 is 12.0 Å². The van der Waals surface area contributed by atoms with Crippen LogP contribution in [0.3, 0.4) is 0 Å². The van der Waals surface area contributed by atoms with Gasteiger partial charge in [0.05, 0.1) is 12.7 Å². The minimum atomic E-state index is -4.60. The lowest BCUT2D eigenvalue weighted by Gasteiger charge is -2.13. The van der Waals surface area contributed by atoms with E-state index in [2.05, 4.69) is 13.0 Å². The predicted molar refractivity (Wildman–Crippen MR) is 130 cm³/mol. The Kier molecular flexibility index (Phi) is 9.07. The van der Waals surface area contributed by atoms with Gasteiger partial charge in [0, 0.05) is 6.08 Å². The van der Waals surface area contributed by atoms with E-state index in [0.717, 1.165) is 51.8 Å². The molecule has 2 aromatic carbocycles.